The highest BCUT2D eigenvalue weighted by molar-refractivity contribution is 5.90. The van der Waals surface area contributed by atoms with Crippen molar-refractivity contribution in [2.45, 2.75) is 12.3 Å². The number of benzene rings is 2. The lowest BCUT2D eigenvalue weighted by molar-refractivity contribution is -0.135. The number of fused-ring (bicyclic) bond motifs is 4. The number of carbonyl (C=O) groups excluding carboxylic acids is 1. The summed E-state index contributed by atoms with van der Waals surface area (Å²) in [4.78, 5) is 38.2. The predicted octanol–water partition coefficient (Wildman–Crippen LogP) is 3.09. The van der Waals surface area contributed by atoms with Crippen molar-refractivity contribution in [2.24, 2.45) is 7.05 Å². The maximum Gasteiger partial charge on any atom is 0.343 e. The number of hydrogen-bond acceptors (Lipinski definition) is 5. The van der Waals surface area contributed by atoms with Gasteiger partial charge in [0.1, 0.15) is 5.58 Å². The SMILES string of the molecule is Cn1c(=O)c([C@H]2CC(=O)Oc3c2c(=O)oc2ccccc32)cc2ccccc21. The Kier molecular flexibility index (Phi) is 3.49. The van der Waals surface area contributed by atoms with E-state index in [0.717, 1.165) is 10.9 Å². The molecule has 0 unspecified atom stereocenters. The van der Waals surface area contributed by atoms with Crippen molar-refractivity contribution in [1.29, 1.82) is 0 Å². The van der Waals surface area contributed by atoms with Crippen molar-refractivity contribution in [2.75, 3.05) is 0 Å². The average Bonchev–Trinajstić information content (AvgIpc) is 2.70. The second-order valence-electron chi connectivity index (χ2n) is 6.88. The number of carbonyl (C=O) groups is 1. The van der Waals surface area contributed by atoms with Crippen LogP contribution in [0.2, 0.25) is 0 Å². The molecule has 0 bridgehead atoms. The summed E-state index contributed by atoms with van der Waals surface area (Å²) in [6.45, 7) is 0. The highest BCUT2D eigenvalue weighted by atomic mass is 16.5. The molecule has 138 valence electrons. The lowest BCUT2D eigenvalue weighted by Gasteiger charge is -2.24. The van der Waals surface area contributed by atoms with E-state index in [1.165, 1.54) is 4.57 Å². The maximum absolute atomic E-state index is 13.1. The van der Waals surface area contributed by atoms with E-state index in [-0.39, 0.29) is 23.3 Å². The molecule has 0 radical (unpaired) electrons. The van der Waals surface area contributed by atoms with E-state index in [1.807, 2.05) is 24.3 Å². The van der Waals surface area contributed by atoms with Crippen LogP contribution in [0, 0.1) is 0 Å². The van der Waals surface area contributed by atoms with Gasteiger partial charge in [-0.25, -0.2) is 4.79 Å². The number of para-hydroxylation sites is 2. The fourth-order valence-corrected chi connectivity index (χ4v) is 3.93. The van der Waals surface area contributed by atoms with Crippen molar-refractivity contribution < 1.29 is 13.9 Å². The number of rotatable bonds is 1. The Labute approximate surface area is 158 Å². The molecule has 3 heterocycles. The first-order valence-corrected chi connectivity index (χ1v) is 8.89. The minimum atomic E-state index is -0.722. The zero-order valence-corrected chi connectivity index (χ0v) is 15.0. The van der Waals surface area contributed by atoms with E-state index >= 15 is 0 Å². The fraction of sp³-hybridized carbons (Fsp3) is 0.136. The summed E-state index contributed by atoms with van der Waals surface area (Å²) in [6.07, 6.45) is -0.0936. The molecule has 2 aromatic heterocycles. The smallest absolute Gasteiger partial charge is 0.343 e. The molecular formula is C22H15NO5. The van der Waals surface area contributed by atoms with Crippen LogP contribution < -0.4 is 15.9 Å². The Morgan fingerprint density at radius 2 is 1.75 bits per heavy atom. The van der Waals surface area contributed by atoms with Crippen molar-refractivity contribution in [3.05, 3.63) is 86.5 Å². The topological polar surface area (TPSA) is 78.5 Å². The number of pyridine rings is 1. The monoisotopic (exact) mass is 373 g/mol. The average molecular weight is 373 g/mol. The van der Waals surface area contributed by atoms with Crippen molar-refractivity contribution in [3.8, 4) is 5.75 Å². The Morgan fingerprint density at radius 3 is 2.61 bits per heavy atom. The van der Waals surface area contributed by atoms with Gasteiger partial charge in [-0.05, 0) is 29.7 Å². The number of ether oxygens (including phenoxy) is 1. The molecule has 1 aliphatic rings. The standard InChI is InChI=1S/C22H15NO5/c1-23-16-8-4-2-6-12(16)10-15(21(23)25)14-11-18(24)28-20-13-7-3-5-9-17(13)27-22(26)19(14)20/h2-10,14H,11H2,1H3/t14-/m1/s1. The largest absolute Gasteiger partial charge is 0.425 e. The van der Waals surface area contributed by atoms with Crippen molar-refractivity contribution in [1.82, 2.24) is 4.57 Å². The third-order valence-electron chi connectivity index (χ3n) is 5.27. The van der Waals surface area contributed by atoms with Crippen LogP contribution in [-0.4, -0.2) is 10.5 Å². The summed E-state index contributed by atoms with van der Waals surface area (Å²) in [7, 11) is 1.68. The molecule has 6 nitrogen and oxygen atoms in total. The normalized spacial score (nSPS) is 16.2. The van der Waals surface area contributed by atoms with Gasteiger partial charge < -0.3 is 13.7 Å². The van der Waals surface area contributed by atoms with E-state index in [1.54, 1.807) is 37.4 Å². The zero-order valence-electron chi connectivity index (χ0n) is 15.0. The molecule has 2 aromatic carbocycles. The summed E-state index contributed by atoms with van der Waals surface area (Å²) in [5.74, 6) is -1.02. The van der Waals surface area contributed by atoms with Crippen molar-refractivity contribution in [3.63, 3.8) is 0 Å². The molecule has 5 rings (SSSR count). The lowest BCUT2D eigenvalue weighted by atomic mass is 9.86. The molecule has 0 saturated carbocycles. The molecule has 0 amide bonds. The second kappa shape index (κ2) is 5.92. The van der Waals surface area contributed by atoms with Gasteiger partial charge in [-0.3, -0.25) is 9.59 Å². The van der Waals surface area contributed by atoms with Crippen LogP contribution in [0.25, 0.3) is 21.9 Å². The van der Waals surface area contributed by atoms with Crippen LogP contribution in [-0.2, 0) is 11.8 Å². The van der Waals surface area contributed by atoms with E-state index in [2.05, 4.69) is 0 Å². The first-order chi connectivity index (χ1) is 13.5. The molecule has 0 fully saturated rings. The Hall–Kier alpha value is -3.67. The van der Waals surface area contributed by atoms with Gasteiger partial charge in [0.05, 0.1) is 22.9 Å². The van der Waals surface area contributed by atoms with Gasteiger partial charge in [-0.1, -0.05) is 30.3 Å². The van der Waals surface area contributed by atoms with Crippen LogP contribution in [0.1, 0.15) is 23.5 Å². The number of esters is 1. The summed E-state index contributed by atoms with van der Waals surface area (Å²) in [6, 6.07) is 16.1. The Balaban J connectivity index is 1.85. The molecule has 1 aliphatic heterocycles. The predicted molar refractivity (Wildman–Crippen MR) is 104 cm³/mol. The number of nitrogens with zero attached hydrogens (tertiary/aromatic N) is 1. The number of aromatic nitrogens is 1. The third kappa shape index (κ3) is 2.31. The highest BCUT2D eigenvalue weighted by Gasteiger charge is 2.35. The van der Waals surface area contributed by atoms with E-state index < -0.39 is 17.5 Å². The van der Waals surface area contributed by atoms with E-state index in [0.29, 0.717) is 16.5 Å². The van der Waals surface area contributed by atoms with E-state index in [9.17, 15) is 14.4 Å². The first kappa shape index (κ1) is 16.5. The quantitative estimate of drug-likeness (QED) is 0.378. The van der Waals surface area contributed by atoms with Crippen LogP contribution in [0.5, 0.6) is 5.75 Å². The van der Waals surface area contributed by atoms with Gasteiger partial charge in [0.2, 0.25) is 0 Å². The summed E-state index contributed by atoms with van der Waals surface area (Å²) in [5, 5.41) is 1.39. The lowest BCUT2D eigenvalue weighted by Crippen LogP contribution is -2.31. The molecule has 0 spiro atoms. The van der Waals surface area contributed by atoms with Gasteiger partial charge >= 0.3 is 11.6 Å². The van der Waals surface area contributed by atoms with Gasteiger partial charge in [-0.2, -0.15) is 0 Å². The number of hydrogen-bond donors (Lipinski definition) is 0. The first-order valence-electron chi connectivity index (χ1n) is 8.89. The second-order valence-corrected chi connectivity index (χ2v) is 6.88. The Morgan fingerprint density at radius 1 is 1.00 bits per heavy atom. The van der Waals surface area contributed by atoms with Crippen LogP contribution in [0.3, 0.4) is 0 Å². The van der Waals surface area contributed by atoms with Gasteiger partial charge in [-0.15, -0.1) is 0 Å². The van der Waals surface area contributed by atoms with Crippen LogP contribution in [0.15, 0.2) is 68.6 Å². The third-order valence-corrected chi connectivity index (χ3v) is 5.27. The van der Waals surface area contributed by atoms with Gasteiger partial charge in [0.15, 0.2) is 5.75 Å². The summed E-state index contributed by atoms with van der Waals surface area (Å²) >= 11 is 0. The summed E-state index contributed by atoms with van der Waals surface area (Å²) in [5.41, 5.74) is 0.859. The molecule has 0 saturated heterocycles. The summed E-state index contributed by atoms with van der Waals surface area (Å²) < 4.78 is 12.4. The van der Waals surface area contributed by atoms with E-state index in [4.69, 9.17) is 9.15 Å². The highest BCUT2D eigenvalue weighted by Crippen LogP contribution is 2.40. The number of aryl methyl sites for hydroxylation is 1. The molecular weight excluding hydrogens is 358 g/mol. The van der Waals surface area contributed by atoms with Crippen LogP contribution in [0.4, 0.5) is 0 Å². The maximum atomic E-state index is 13.1. The minimum Gasteiger partial charge on any atom is -0.425 e. The molecule has 1 atom stereocenters. The molecule has 28 heavy (non-hydrogen) atoms. The zero-order chi connectivity index (χ0) is 19.4. The van der Waals surface area contributed by atoms with Gasteiger partial charge in [0.25, 0.3) is 5.56 Å². The van der Waals surface area contributed by atoms with Crippen molar-refractivity contribution >= 4 is 27.8 Å². The van der Waals surface area contributed by atoms with Crippen LogP contribution >= 0.6 is 0 Å². The Bertz CT molecular complexity index is 1400. The molecule has 0 N–H and O–H groups in total. The fourth-order valence-electron chi connectivity index (χ4n) is 3.93. The molecule has 6 heteroatoms. The molecule has 4 aromatic rings. The molecule has 0 aliphatic carbocycles. The minimum absolute atomic E-state index is 0.0936. The van der Waals surface area contributed by atoms with Gasteiger partial charge in [0, 0.05) is 18.5 Å².